The van der Waals surface area contributed by atoms with Gasteiger partial charge in [0, 0.05) is 0 Å². The molecule has 1 aromatic heterocycles. The lowest BCUT2D eigenvalue weighted by Gasteiger charge is -2.29. The van der Waals surface area contributed by atoms with Crippen molar-refractivity contribution in [2.24, 2.45) is 0 Å². The second-order valence-electron chi connectivity index (χ2n) is 4.24. The van der Waals surface area contributed by atoms with E-state index in [-0.39, 0.29) is 17.5 Å². The van der Waals surface area contributed by atoms with Crippen molar-refractivity contribution in [1.29, 1.82) is 0 Å². The first kappa shape index (κ1) is 13.1. The number of nitrogens with zero attached hydrogens (tertiary/aromatic N) is 3. The summed E-state index contributed by atoms with van der Waals surface area (Å²) in [5.74, 6) is -0.0760. The maximum absolute atomic E-state index is 10.8. The minimum absolute atomic E-state index is 0.00611. The van der Waals surface area contributed by atoms with Gasteiger partial charge in [-0.25, -0.2) is 4.98 Å². The molecule has 0 radical (unpaired) electrons. The van der Waals surface area contributed by atoms with E-state index in [1.165, 1.54) is 0 Å². The molecule has 0 spiro atoms. The van der Waals surface area contributed by atoms with Crippen LogP contribution in [0.5, 0.6) is 0 Å². The van der Waals surface area contributed by atoms with E-state index in [1.54, 1.807) is 20.8 Å². The van der Waals surface area contributed by atoms with Crippen LogP contribution in [0.4, 0.5) is 17.5 Å². The normalized spacial score (nSPS) is 13.2. The Morgan fingerprint density at radius 1 is 1.65 bits per heavy atom. The summed E-state index contributed by atoms with van der Waals surface area (Å²) in [7, 11) is 0. The average Bonchev–Trinajstić information content (AvgIpc) is 2.15. The summed E-state index contributed by atoms with van der Waals surface area (Å²) in [6, 6.07) is 0. The zero-order valence-electron chi connectivity index (χ0n) is 9.84. The maximum Gasteiger partial charge on any atom is 0.329 e. The molecule has 4 N–H and O–H groups in total. The van der Waals surface area contributed by atoms with Crippen LogP contribution in [0, 0.1) is 10.1 Å². The molecule has 1 atom stereocenters. The van der Waals surface area contributed by atoms with Crippen molar-refractivity contribution >= 4 is 17.5 Å². The van der Waals surface area contributed by atoms with Crippen molar-refractivity contribution < 1.29 is 10.0 Å². The van der Waals surface area contributed by atoms with Crippen molar-refractivity contribution in [3.8, 4) is 0 Å². The van der Waals surface area contributed by atoms with Gasteiger partial charge < -0.3 is 16.2 Å². The van der Waals surface area contributed by atoms with Gasteiger partial charge in [-0.2, -0.15) is 4.98 Å². The Kier molecular flexibility index (Phi) is 3.47. The predicted molar refractivity (Wildman–Crippen MR) is 62.5 cm³/mol. The van der Waals surface area contributed by atoms with E-state index in [9.17, 15) is 15.2 Å². The van der Waals surface area contributed by atoms with Gasteiger partial charge in [-0.15, -0.1) is 0 Å². The molecule has 0 fully saturated rings. The highest BCUT2D eigenvalue weighted by Gasteiger charge is 2.28. The first-order chi connectivity index (χ1) is 7.74. The number of aromatic nitrogens is 2. The number of nitrogen functional groups attached to an aromatic ring is 1. The number of rotatable bonds is 4. The lowest BCUT2D eigenvalue weighted by molar-refractivity contribution is -0.384. The number of nitrogens with two attached hydrogens (primary N) is 1. The van der Waals surface area contributed by atoms with E-state index < -0.39 is 16.6 Å². The highest BCUT2D eigenvalue weighted by molar-refractivity contribution is 5.57. The molecule has 0 aliphatic rings. The van der Waals surface area contributed by atoms with Crippen LogP contribution in [0.1, 0.15) is 20.8 Å². The van der Waals surface area contributed by atoms with E-state index in [0.29, 0.717) is 0 Å². The molecule has 0 aliphatic carbocycles. The summed E-state index contributed by atoms with van der Waals surface area (Å²) in [6.45, 7) is 4.96. The standard InChI is InChI=1S/C9H15N5O3/c1-5(15)9(2,3)13-7-6(14(16)17)4-11-8(10)12-7/h4-5,15H,1-3H3,(H3,10,11,12,13). The molecule has 0 saturated carbocycles. The molecule has 1 rings (SSSR count). The van der Waals surface area contributed by atoms with Crippen LogP contribution in [0.25, 0.3) is 0 Å². The molecule has 0 bridgehead atoms. The van der Waals surface area contributed by atoms with Gasteiger partial charge in [-0.05, 0) is 20.8 Å². The number of hydrogen-bond donors (Lipinski definition) is 3. The molecule has 0 aromatic carbocycles. The second kappa shape index (κ2) is 4.50. The third-order valence-corrected chi connectivity index (χ3v) is 2.47. The molecule has 8 nitrogen and oxygen atoms in total. The number of aliphatic hydroxyl groups excluding tert-OH is 1. The first-order valence-electron chi connectivity index (χ1n) is 4.97. The third kappa shape index (κ3) is 3.00. The van der Waals surface area contributed by atoms with Crippen molar-refractivity contribution in [3.63, 3.8) is 0 Å². The molecule has 94 valence electrons. The second-order valence-corrected chi connectivity index (χ2v) is 4.24. The van der Waals surface area contributed by atoms with Crippen LogP contribution in [-0.4, -0.2) is 31.6 Å². The predicted octanol–water partition coefficient (Wildman–Crippen LogP) is 0.538. The molecule has 8 heteroatoms. The molecule has 1 aromatic rings. The smallest absolute Gasteiger partial charge is 0.329 e. The van der Waals surface area contributed by atoms with Gasteiger partial charge in [0.25, 0.3) is 0 Å². The van der Waals surface area contributed by atoms with Crippen LogP contribution in [0.3, 0.4) is 0 Å². The van der Waals surface area contributed by atoms with Gasteiger partial charge in [0.1, 0.15) is 6.20 Å². The van der Waals surface area contributed by atoms with E-state index in [0.717, 1.165) is 6.20 Å². The fourth-order valence-electron chi connectivity index (χ4n) is 1.02. The summed E-state index contributed by atoms with van der Waals surface area (Å²) in [5.41, 5.74) is 4.32. The highest BCUT2D eigenvalue weighted by atomic mass is 16.6. The Morgan fingerprint density at radius 3 is 2.71 bits per heavy atom. The summed E-state index contributed by atoms with van der Waals surface area (Å²) < 4.78 is 0. The highest BCUT2D eigenvalue weighted by Crippen LogP contribution is 2.25. The van der Waals surface area contributed by atoms with Crippen LogP contribution in [-0.2, 0) is 0 Å². The summed E-state index contributed by atoms with van der Waals surface area (Å²) >= 11 is 0. The van der Waals surface area contributed by atoms with Crippen LogP contribution >= 0.6 is 0 Å². The average molecular weight is 241 g/mol. The van der Waals surface area contributed by atoms with Crippen LogP contribution in [0.15, 0.2) is 6.20 Å². The maximum atomic E-state index is 10.8. The van der Waals surface area contributed by atoms with Gasteiger partial charge in [-0.3, -0.25) is 10.1 Å². The monoisotopic (exact) mass is 241 g/mol. The SMILES string of the molecule is CC(O)C(C)(C)Nc1nc(N)ncc1[N+](=O)[O-]. The molecule has 1 unspecified atom stereocenters. The molecule has 0 amide bonds. The van der Waals surface area contributed by atoms with E-state index in [2.05, 4.69) is 15.3 Å². The number of nitro groups is 1. The first-order valence-corrected chi connectivity index (χ1v) is 4.97. The minimum Gasteiger partial charge on any atom is -0.391 e. The van der Waals surface area contributed by atoms with Crippen molar-refractivity contribution in [1.82, 2.24) is 9.97 Å². The van der Waals surface area contributed by atoms with E-state index >= 15 is 0 Å². The Balaban J connectivity index is 3.13. The fraction of sp³-hybridized carbons (Fsp3) is 0.556. The van der Waals surface area contributed by atoms with Crippen molar-refractivity contribution in [3.05, 3.63) is 16.3 Å². The Labute approximate surface area is 98.0 Å². The van der Waals surface area contributed by atoms with Gasteiger partial charge in [0.2, 0.25) is 11.8 Å². The van der Waals surface area contributed by atoms with Gasteiger partial charge in [-0.1, -0.05) is 0 Å². The zero-order valence-corrected chi connectivity index (χ0v) is 9.84. The molecule has 1 heterocycles. The summed E-state index contributed by atoms with van der Waals surface area (Å²) in [6.07, 6.45) is 0.307. The summed E-state index contributed by atoms with van der Waals surface area (Å²) in [4.78, 5) is 17.5. The minimum atomic E-state index is -0.772. The Bertz CT molecular complexity index is 433. The van der Waals surface area contributed by atoms with Gasteiger partial charge in [0.15, 0.2) is 0 Å². The number of hydrogen-bond acceptors (Lipinski definition) is 7. The summed E-state index contributed by atoms with van der Waals surface area (Å²) in [5, 5.41) is 23.1. The van der Waals surface area contributed by atoms with Crippen LogP contribution in [0.2, 0.25) is 0 Å². The molecular weight excluding hydrogens is 226 g/mol. The van der Waals surface area contributed by atoms with Crippen molar-refractivity contribution in [2.75, 3.05) is 11.1 Å². The van der Waals surface area contributed by atoms with E-state index in [4.69, 9.17) is 5.73 Å². The lowest BCUT2D eigenvalue weighted by atomic mass is 9.99. The van der Waals surface area contributed by atoms with Crippen molar-refractivity contribution in [2.45, 2.75) is 32.4 Å². The fourth-order valence-corrected chi connectivity index (χ4v) is 1.02. The molecule has 17 heavy (non-hydrogen) atoms. The number of nitrogens with one attached hydrogen (secondary N) is 1. The zero-order chi connectivity index (χ0) is 13.2. The number of anilines is 2. The largest absolute Gasteiger partial charge is 0.391 e. The van der Waals surface area contributed by atoms with Crippen LogP contribution < -0.4 is 11.1 Å². The Hall–Kier alpha value is -1.96. The lowest BCUT2D eigenvalue weighted by Crippen LogP contribution is -2.42. The van der Waals surface area contributed by atoms with E-state index in [1.807, 2.05) is 0 Å². The molecule has 0 saturated heterocycles. The number of aliphatic hydroxyl groups is 1. The van der Waals surface area contributed by atoms with Gasteiger partial charge in [0.05, 0.1) is 16.6 Å². The Morgan fingerprint density at radius 2 is 2.24 bits per heavy atom. The third-order valence-electron chi connectivity index (χ3n) is 2.47. The molecule has 0 aliphatic heterocycles. The molecular formula is C9H15N5O3. The topological polar surface area (TPSA) is 127 Å². The quantitative estimate of drug-likeness (QED) is 0.518. The van der Waals surface area contributed by atoms with Gasteiger partial charge >= 0.3 is 5.69 Å².